The van der Waals surface area contributed by atoms with Gasteiger partial charge >= 0.3 is 0 Å². The molecular formula is C21H21ClN6O. The van der Waals surface area contributed by atoms with Gasteiger partial charge in [0.15, 0.2) is 0 Å². The van der Waals surface area contributed by atoms with Gasteiger partial charge < -0.3 is 4.90 Å². The number of halogens is 1. The van der Waals surface area contributed by atoms with Crippen molar-refractivity contribution in [2.45, 2.75) is 0 Å². The fourth-order valence-electron chi connectivity index (χ4n) is 3.35. The predicted octanol–water partition coefficient (Wildman–Crippen LogP) is 2.79. The van der Waals surface area contributed by atoms with Crippen LogP contribution in [-0.4, -0.2) is 68.6 Å². The van der Waals surface area contributed by atoms with Crippen LogP contribution in [0.3, 0.4) is 0 Å². The summed E-state index contributed by atoms with van der Waals surface area (Å²) < 4.78 is 1.46. The van der Waals surface area contributed by atoms with Gasteiger partial charge in [0, 0.05) is 37.7 Å². The molecule has 148 valence electrons. The highest BCUT2D eigenvalue weighted by atomic mass is 35.5. The third kappa shape index (κ3) is 4.70. The summed E-state index contributed by atoms with van der Waals surface area (Å²) in [5.41, 5.74) is 2.32. The first-order valence-corrected chi connectivity index (χ1v) is 9.84. The molecule has 0 unspecified atom stereocenters. The monoisotopic (exact) mass is 408 g/mol. The van der Waals surface area contributed by atoms with Crippen LogP contribution in [0.15, 0.2) is 60.9 Å². The lowest BCUT2D eigenvalue weighted by Gasteiger charge is -2.34. The minimum atomic E-state index is -0.0355. The molecule has 1 aliphatic rings. The third-order valence-corrected chi connectivity index (χ3v) is 5.15. The largest absolute Gasteiger partial charge is 0.336 e. The Morgan fingerprint density at radius 3 is 2.59 bits per heavy atom. The van der Waals surface area contributed by atoms with E-state index in [-0.39, 0.29) is 5.91 Å². The van der Waals surface area contributed by atoms with Gasteiger partial charge in [-0.25, -0.2) is 0 Å². The van der Waals surface area contributed by atoms with Crippen LogP contribution < -0.4 is 0 Å². The molecule has 1 amide bonds. The van der Waals surface area contributed by atoms with Gasteiger partial charge in [0.2, 0.25) is 0 Å². The summed E-state index contributed by atoms with van der Waals surface area (Å²) in [4.78, 5) is 17.3. The molecule has 1 aliphatic heterocycles. The molecule has 8 heteroatoms. The van der Waals surface area contributed by atoms with Crippen LogP contribution in [0.2, 0.25) is 5.02 Å². The van der Waals surface area contributed by atoms with E-state index in [1.807, 2.05) is 23.1 Å². The Morgan fingerprint density at radius 2 is 1.86 bits per heavy atom. The van der Waals surface area contributed by atoms with E-state index in [0.29, 0.717) is 29.4 Å². The Hall–Kier alpha value is -3.03. The molecule has 4 rings (SSSR count). The highest BCUT2D eigenvalue weighted by molar-refractivity contribution is 6.31. The van der Waals surface area contributed by atoms with Crippen molar-refractivity contribution < 1.29 is 4.79 Å². The van der Waals surface area contributed by atoms with Gasteiger partial charge in [-0.1, -0.05) is 54.1 Å². The molecule has 0 radical (unpaired) electrons. The van der Waals surface area contributed by atoms with Gasteiger partial charge in [-0.3, -0.25) is 9.69 Å². The minimum Gasteiger partial charge on any atom is -0.336 e. The SMILES string of the molecule is O=C(c1ccc(Cl)cc1-n1cnnn1)N1CCN(CC=Cc2ccccc2)CC1. The number of hydrogen-bond acceptors (Lipinski definition) is 5. The summed E-state index contributed by atoms with van der Waals surface area (Å²) in [6, 6.07) is 15.4. The standard InChI is InChI=1S/C21H21ClN6O/c22-18-8-9-19(20(15-18)28-16-23-24-25-28)21(29)27-13-11-26(12-14-27)10-4-7-17-5-2-1-3-6-17/h1-9,15-16H,10-14H2. The molecule has 7 nitrogen and oxygen atoms in total. The van der Waals surface area contributed by atoms with E-state index in [1.54, 1.807) is 18.2 Å². The van der Waals surface area contributed by atoms with Crippen LogP contribution in [0.25, 0.3) is 11.8 Å². The van der Waals surface area contributed by atoms with E-state index in [4.69, 9.17) is 11.6 Å². The Morgan fingerprint density at radius 1 is 1.07 bits per heavy atom. The molecule has 0 N–H and O–H groups in total. The summed E-state index contributed by atoms with van der Waals surface area (Å²) in [5.74, 6) is -0.0355. The normalized spacial score (nSPS) is 15.1. The number of piperazine rings is 1. The van der Waals surface area contributed by atoms with Gasteiger partial charge in [-0.15, -0.1) is 5.10 Å². The average Bonchev–Trinajstić information content (AvgIpc) is 3.29. The first-order valence-electron chi connectivity index (χ1n) is 9.47. The Bertz CT molecular complexity index is 982. The first kappa shape index (κ1) is 19.3. The van der Waals surface area contributed by atoms with Crippen LogP contribution in [-0.2, 0) is 0 Å². The second kappa shape index (κ2) is 8.98. The Balaban J connectivity index is 1.38. The fraction of sp³-hybridized carbons (Fsp3) is 0.238. The Kier molecular flexibility index (Phi) is 5.97. The second-order valence-electron chi connectivity index (χ2n) is 6.82. The van der Waals surface area contributed by atoms with Crippen LogP contribution in [0, 0.1) is 0 Å². The van der Waals surface area contributed by atoms with E-state index in [0.717, 1.165) is 19.6 Å². The lowest BCUT2D eigenvalue weighted by atomic mass is 10.1. The lowest BCUT2D eigenvalue weighted by molar-refractivity contribution is 0.0650. The van der Waals surface area contributed by atoms with E-state index < -0.39 is 0 Å². The zero-order chi connectivity index (χ0) is 20.1. The summed E-state index contributed by atoms with van der Waals surface area (Å²) in [5, 5.41) is 11.7. The minimum absolute atomic E-state index is 0.0355. The lowest BCUT2D eigenvalue weighted by Crippen LogP contribution is -2.48. The molecular weight excluding hydrogens is 388 g/mol. The molecule has 3 aromatic rings. The van der Waals surface area contributed by atoms with Crippen molar-refractivity contribution in [2.75, 3.05) is 32.7 Å². The topological polar surface area (TPSA) is 67.2 Å². The van der Waals surface area contributed by atoms with Crippen molar-refractivity contribution in [3.63, 3.8) is 0 Å². The zero-order valence-electron chi connectivity index (χ0n) is 15.9. The molecule has 1 fully saturated rings. The number of nitrogens with zero attached hydrogens (tertiary/aromatic N) is 6. The molecule has 0 spiro atoms. The number of aromatic nitrogens is 4. The second-order valence-corrected chi connectivity index (χ2v) is 7.26. The van der Waals surface area contributed by atoms with E-state index >= 15 is 0 Å². The van der Waals surface area contributed by atoms with Crippen LogP contribution in [0.5, 0.6) is 0 Å². The summed E-state index contributed by atoms with van der Waals surface area (Å²) in [6.45, 7) is 3.89. The van der Waals surface area contributed by atoms with Crippen molar-refractivity contribution in [3.8, 4) is 5.69 Å². The predicted molar refractivity (Wildman–Crippen MR) is 112 cm³/mol. The van der Waals surface area contributed by atoms with Crippen molar-refractivity contribution in [2.24, 2.45) is 0 Å². The zero-order valence-corrected chi connectivity index (χ0v) is 16.6. The van der Waals surface area contributed by atoms with E-state index in [9.17, 15) is 4.79 Å². The van der Waals surface area contributed by atoms with Gasteiger partial charge in [-0.2, -0.15) is 4.68 Å². The molecule has 0 bridgehead atoms. The number of carbonyl (C=O) groups is 1. The van der Waals surface area contributed by atoms with Crippen molar-refractivity contribution in [1.29, 1.82) is 0 Å². The quantitative estimate of drug-likeness (QED) is 0.649. The van der Waals surface area contributed by atoms with Gasteiger partial charge in [-0.05, 0) is 34.2 Å². The number of rotatable bonds is 5. The maximum absolute atomic E-state index is 13.1. The highest BCUT2D eigenvalue weighted by Crippen LogP contribution is 2.21. The number of hydrogen-bond donors (Lipinski definition) is 0. The smallest absolute Gasteiger partial charge is 0.256 e. The highest BCUT2D eigenvalue weighted by Gasteiger charge is 2.24. The van der Waals surface area contributed by atoms with Crippen molar-refractivity contribution in [1.82, 2.24) is 30.0 Å². The van der Waals surface area contributed by atoms with Gasteiger partial charge in [0.05, 0.1) is 11.3 Å². The third-order valence-electron chi connectivity index (χ3n) is 4.92. The van der Waals surface area contributed by atoms with Crippen LogP contribution in [0.1, 0.15) is 15.9 Å². The average molecular weight is 409 g/mol. The molecule has 1 aromatic heterocycles. The van der Waals surface area contributed by atoms with Gasteiger partial charge in [0.25, 0.3) is 5.91 Å². The summed E-state index contributed by atoms with van der Waals surface area (Å²) >= 11 is 6.12. The maximum Gasteiger partial charge on any atom is 0.256 e. The fourth-order valence-corrected chi connectivity index (χ4v) is 3.52. The number of carbonyl (C=O) groups excluding carboxylic acids is 1. The number of benzene rings is 2. The van der Waals surface area contributed by atoms with Crippen molar-refractivity contribution >= 4 is 23.6 Å². The molecule has 0 atom stereocenters. The Labute approximate surface area is 174 Å². The molecule has 0 aliphatic carbocycles. The van der Waals surface area contributed by atoms with Crippen LogP contribution in [0.4, 0.5) is 0 Å². The van der Waals surface area contributed by atoms with Crippen molar-refractivity contribution in [3.05, 3.63) is 77.1 Å². The molecule has 2 aromatic carbocycles. The summed E-state index contributed by atoms with van der Waals surface area (Å²) in [7, 11) is 0. The van der Waals surface area contributed by atoms with Gasteiger partial charge in [0.1, 0.15) is 6.33 Å². The molecule has 29 heavy (non-hydrogen) atoms. The summed E-state index contributed by atoms with van der Waals surface area (Å²) in [6.07, 6.45) is 5.75. The first-order chi connectivity index (χ1) is 14.2. The molecule has 0 saturated carbocycles. The van der Waals surface area contributed by atoms with E-state index in [2.05, 4.69) is 44.7 Å². The molecule has 2 heterocycles. The number of amides is 1. The maximum atomic E-state index is 13.1. The van der Waals surface area contributed by atoms with E-state index in [1.165, 1.54) is 16.6 Å². The number of tetrazole rings is 1. The van der Waals surface area contributed by atoms with Crippen LogP contribution >= 0.6 is 11.6 Å². The molecule has 1 saturated heterocycles.